The van der Waals surface area contributed by atoms with Gasteiger partial charge in [0, 0.05) is 19.0 Å². The van der Waals surface area contributed by atoms with Gasteiger partial charge in [-0.05, 0) is 31.9 Å². The van der Waals surface area contributed by atoms with Gasteiger partial charge >= 0.3 is 0 Å². The highest BCUT2D eigenvalue weighted by Crippen LogP contribution is 2.23. The molecule has 0 bridgehead atoms. The molecule has 2 aromatic rings. The Hall–Kier alpha value is -1.32. The third-order valence-electron chi connectivity index (χ3n) is 3.91. The van der Waals surface area contributed by atoms with E-state index >= 15 is 0 Å². The zero-order valence-corrected chi connectivity index (χ0v) is 13.8. The van der Waals surface area contributed by atoms with Gasteiger partial charge in [-0.25, -0.2) is 0 Å². The molecule has 3 nitrogen and oxygen atoms in total. The minimum Gasteiger partial charge on any atom is -0.301 e. The molecule has 1 aromatic heterocycles. The van der Waals surface area contributed by atoms with Gasteiger partial charge in [-0.1, -0.05) is 37.3 Å². The maximum absolute atomic E-state index is 6.23. The minimum absolute atomic E-state index is 0.238. The average Bonchev–Trinajstić information content (AvgIpc) is 2.96. The van der Waals surface area contributed by atoms with Crippen LogP contribution in [0.4, 0.5) is 0 Å². The predicted octanol–water partition coefficient (Wildman–Crippen LogP) is 3.71. The summed E-state index contributed by atoms with van der Waals surface area (Å²) < 4.78 is 2.06. The minimum atomic E-state index is -0.238. The summed E-state index contributed by atoms with van der Waals surface area (Å²) >= 11 is 6.23. The second kappa shape index (κ2) is 7.10. The quantitative estimate of drug-likeness (QED) is 0.790. The van der Waals surface area contributed by atoms with Crippen molar-refractivity contribution in [1.82, 2.24) is 15.1 Å². The summed E-state index contributed by atoms with van der Waals surface area (Å²) in [6.07, 6.45) is 0.964. The molecule has 0 aliphatic rings. The Morgan fingerprint density at radius 1 is 1.24 bits per heavy atom. The van der Waals surface area contributed by atoms with Crippen LogP contribution in [-0.2, 0) is 25.0 Å². The summed E-state index contributed by atoms with van der Waals surface area (Å²) in [5, 5.41) is 8.19. The van der Waals surface area contributed by atoms with Gasteiger partial charge in [0.15, 0.2) is 0 Å². The van der Waals surface area contributed by atoms with Crippen molar-refractivity contribution in [3.63, 3.8) is 0 Å². The predicted molar refractivity (Wildman–Crippen MR) is 88.6 cm³/mol. The molecule has 1 N–H and O–H groups in total. The van der Waals surface area contributed by atoms with E-state index in [0.29, 0.717) is 5.88 Å². The number of hydrogen-bond donors (Lipinski definition) is 1. The normalized spacial score (nSPS) is 14.1. The van der Waals surface area contributed by atoms with E-state index in [4.69, 9.17) is 11.6 Å². The summed E-state index contributed by atoms with van der Waals surface area (Å²) in [6.45, 7) is 8.04. The average molecular weight is 306 g/mol. The zero-order chi connectivity index (χ0) is 15.3. The molecule has 0 spiro atoms. The number of alkyl halides is 1. The van der Waals surface area contributed by atoms with Crippen molar-refractivity contribution in [1.29, 1.82) is 0 Å². The molecule has 2 rings (SSSR count). The van der Waals surface area contributed by atoms with Crippen LogP contribution in [0.25, 0.3) is 0 Å². The van der Waals surface area contributed by atoms with Gasteiger partial charge in [-0.2, -0.15) is 5.10 Å². The summed E-state index contributed by atoms with van der Waals surface area (Å²) in [5.74, 6) is 0.526. The number of aryl methyl sites for hydroxylation is 2. The van der Waals surface area contributed by atoms with Gasteiger partial charge in [-0.3, -0.25) is 4.68 Å². The number of nitrogens with zero attached hydrogens (tertiary/aromatic N) is 2. The Morgan fingerprint density at radius 3 is 2.52 bits per heavy atom. The van der Waals surface area contributed by atoms with Crippen molar-refractivity contribution in [3.8, 4) is 0 Å². The first-order valence-corrected chi connectivity index (χ1v) is 8.08. The van der Waals surface area contributed by atoms with Gasteiger partial charge in [0.25, 0.3) is 0 Å². The van der Waals surface area contributed by atoms with Crippen molar-refractivity contribution in [3.05, 3.63) is 53.3 Å². The fraction of sp³-hybridized carbons (Fsp3) is 0.471. The Labute approximate surface area is 132 Å². The molecule has 1 atom stereocenters. The highest BCUT2D eigenvalue weighted by Gasteiger charge is 2.25. The van der Waals surface area contributed by atoms with E-state index in [1.54, 1.807) is 0 Å². The molecular formula is C17H24ClN3. The lowest BCUT2D eigenvalue weighted by Gasteiger charge is -2.29. The molecule has 0 fully saturated rings. The molecule has 0 radical (unpaired) electrons. The molecule has 114 valence electrons. The molecule has 0 saturated heterocycles. The summed E-state index contributed by atoms with van der Waals surface area (Å²) in [7, 11) is 0. The molecule has 4 heteroatoms. The standard InChI is InChI=1S/C17H24ClN3/c1-4-15-11-16(21(5-2)20-15)12-19-17(3,13-18)14-9-7-6-8-10-14/h6-11,19H,4-5,12-13H2,1-3H3. The zero-order valence-electron chi connectivity index (χ0n) is 13.1. The number of aromatic nitrogens is 2. The fourth-order valence-corrected chi connectivity index (χ4v) is 2.67. The van der Waals surface area contributed by atoms with Crippen molar-refractivity contribution < 1.29 is 0 Å². The van der Waals surface area contributed by atoms with Crippen LogP contribution >= 0.6 is 11.6 Å². The molecule has 21 heavy (non-hydrogen) atoms. The second-order valence-corrected chi connectivity index (χ2v) is 5.75. The number of nitrogens with one attached hydrogen (secondary N) is 1. The lowest BCUT2D eigenvalue weighted by atomic mass is 9.94. The summed E-state index contributed by atoms with van der Waals surface area (Å²) in [5.41, 5.74) is 3.32. The van der Waals surface area contributed by atoms with Crippen LogP contribution < -0.4 is 5.32 Å². The molecular weight excluding hydrogens is 282 g/mol. The maximum atomic E-state index is 6.23. The fourth-order valence-electron chi connectivity index (χ4n) is 2.42. The molecule has 1 unspecified atom stereocenters. The van der Waals surface area contributed by atoms with Crippen molar-refractivity contribution in [2.24, 2.45) is 0 Å². The topological polar surface area (TPSA) is 29.9 Å². The van der Waals surface area contributed by atoms with Gasteiger partial charge in [0.05, 0.1) is 16.9 Å². The Bertz CT molecular complexity index is 565. The van der Waals surface area contributed by atoms with Crippen LogP contribution in [0.3, 0.4) is 0 Å². The van der Waals surface area contributed by atoms with E-state index in [2.05, 4.69) is 54.1 Å². The van der Waals surface area contributed by atoms with E-state index < -0.39 is 0 Å². The SMILES string of the molecule is CCc1cc(CNC(C)(CCl)c2ccccc2)n(CC)n1. The van der Waals surface area contributed by atoms with Crippen molar-refractivity contribution in [2.75, 3.05) is 5.88 Å². The molecule has 1 aromatic carbocycles. The Balaban J connectivity index is 2.15. The lowest BCUT2D eigenvalue weighted by molar-refractivity contribution is 0.396. The Kier molecular flexibility index (Phi) is 5.43. The second-order valence-electron chi connectivity index (χ2n) is 5.48. The maximum Gasteiger partial charge on any atom is 0.0625 e. The first-order chi connectivity index (χ1) is 10.1. The Morgan fingerprint density at radius 2 is 1.95 bits per heavy atom. The lowest BCUT2D eigenvalue weighted by Crippen LogP contribution is -2.41. The van der Waals surface area contributed by atoms with E-state index in [0.717, 1.165) is 25.2 Å². The molecule has 0 aliphatic carbocycles. The number of rotatable bonds is 7. The smallest absolute Gasteiger partial charge is 0.0625 e. The van der Waals surface area contributed by atoms with Crippen LogP contribution in [0.15, 0.2) is 36.4 Å². The number of halogens is 1. The molecule has 0 aliphatic heterocycles. The van der Waals surface area contributed by atoms with Gasteiger partial charge < -0.3 is 5.32 Å². The van der Waals surface area contributed by atoms with Crippen LogP contribution in [0.2, 0.25) is 0 Å². The van der Waals surface area contributed by atoms with E-state index in [9.17, 15) is 0 Å². The van der Waals surface area contributed by atoms with E-state index in [1.807, 2.05) is 18.2 Å². The van der Waals surface area contributed by atoms with Crippen LogP contribution in [-0.4, -0.2) is 15.7 Å². The van der Waals surface area contributed by atoms with Gasteiger partial charge in [0.1, 0.15) is 0 Å². The molecule has 0 amide bonds. The van der Waals surface area contributed by atoms with Crippen LogP contribution in [0.1, 0.15) is 37.7 Å². The molecule has 1 heterocycles. The van der Waals surface area contributed by atoms with E-state index in [1.165, 1.54) is 11.3 Å². The number of hydrogen-bond acceptors (Lipinski definition) is 2. The van der Waals surface area contributed by atoms with Crippen LogP contribution in [0.5, 0.6) is 0 Å². The van der Waals surface area contributed by atoms with Crippen LogP contribution in [0, 0.1) is 0 Å². The van der Waals surface area contributed by atoms with Gasteiger partial charge in [0.2, 0.25) is 0 Å². The first kappa shape index (κ1) is 16.1. The summed E-state index contributed by atoms with van der Waals surface area (Å²) in [4.78, 5) is 0. The highest BCUT2D eigenvalue weighted by atomic mass is 35.5. The third-order valence-corrected chi connectivity index (χ3v) is 4.45. The van der Waals surface area contributed by atoms with Gasteiger partial charge in [-0.15, -0.1) is 11.6 Å². The van der Waals surface area contributed by atoms with Crippen molar-refractivity contribution in [2.45, 2.75) is 45.8 Å². The summed E-state index contributed by atoms with van der Waals surface area (Å²) in [6, 6.07) is 12.5. The molecule has 0 saturated carbocycles. The third kappa shape index (κ3) is 3.66. The van der Waals surface area contributed by atoms with E-state index in [-0.39, 0.29) is 5.54 Å². The largest absolute Gasteiger partial charge is 0.301 e. The first-order valence-electron chi connectivity index (χ1n) is 7.55. The highest BCUT2D eigenvalue weighted by molar-refractivity contribution is 6.18. The van der Waals surface area contributed by atoms with Crippen molar-refractivity contribution >= 4 is 11.6 Å². The monoisotopic (exact) mass is 305 g/mol. The number of benzene rings is 1.